The molecule has 0 spiro atoms. The van der Waals surface area contributed by atoms with Crippen molar-refractivity contribution in [3.05, 3.63) is 89.7 Å². The fraction of sp³-hybridized carbons (Fsp3) is 0.357. The minimum absolute atomic E-state index is 0.149. The highest BCUT2D eigenvalue weighted by atomic mass is 19.4. The number of amides is 1. The van der Waals surface area contributed by atoms with Crippen molar-refractivity contribution in [2.75, 3.05) is 37.7 Å². The number of rotatable bonds is 7. The molecule has 5 rings (SSSR count). The normalized spacial score (nSPS) is 19.6. The number of carbonyl (C=O) groups excluding carboxylic acids is 1. The van der Waals surface area contributed by atoms with E-state index in [1.54, 1.807) is 24.5 Å². The van der Waals surface area contributed by atoms with Crippen molar-refractivity contribution in [1.29, 1.82) is 0 Å². The van der Waals surface area contributed by atoms with E-state index in [-0.39, 0.29) is 18.4 Å². The van der Waals surface area contributed by atoms with Crippen LogP contribution in [0.3, 0.4) is 0 Å². The summed E-state index contributed by atoms with van der Waals surface area (Å²) >= 11 is 0. The number of benzene rings is 2. The second-order valence-electron chi connectivity index (χ2n) is 9.45. The Hall–Kier alpha value is -3.59. The fourth-order valence-corrected chi connectivity index (χ4v) is 5.19. The first-order chi connectivity index (χ1) is 17.9. The molecule has 1 N–H and O–H groups in total. The zero-order chi connectivity index (χ0) is 25.8. The van der Waals surface area contributed by atoms with Gasteiger partial charge < -0.3 is 15.0 Å². The van der Waals surface area contributed by atoms with Crippen molar-refractivity contribution < 1.29 is 22.7 Å². The van der Waals surface area contributed by atoms with Gasteiger partial charge in [0.15, 0.2) is 0 Å². The topological polar surface area (TPSA) is 57.7 Å². The van der Waals surface area contributed by atoms with Gasteiger partial charge >= 0.3 is 6.18 Å². The summed E-state index contributed by atoms with van der Waals surface area (Å²) in [6.07, 6.45) is -0.819. The maximum atomic E-state index is 13.4. The van der Waals surface area contributed by atoms with E-state index in [0.29, 0.717) is 38.3 Å². The number of ether oxygens (including phenoxy) is 1. The second kappa shape index (κ2) is 10.8. The highest BCUT2D eigenvalue weighted by Crippen LogP contribution is 2.39. The average Bonchev–Trinajstić information content (AvgIpc) is 2.91. The van der Waals surface area contributed by atoms with Crippen LogP contribution in [-0.2, 0) is 23.9 Å². The molecule has 3 heterocycles. The molecule has 2 atom stereocenters. The molecule has 2 aliphatic rings. The van der Waals surface area contributed by atoms with E-state index in [1.165, 1.54) is 6.07 Å². The number of para-hydroxylation sites is 1. The van der Waals surface area contributed by atoms with Crippen LogP contribution in [0.5, 0.6) is 5.75 Å². The fourth-order valence-electron chi connectivity index (χ4n) is 5.19. The molecular weight excluding hydrogens is 481 g/mol. The van der Waals surface area contributed by atoms with Gasteiger partial charge in [0.25, 0.3) is 0 Å². The molecule has 3 aromatic rings. The first kappa shape index (κ1) is 25.1. The van der Waals surface area contributed by atoms with Gasteiger partial charge in [-0.2, -0.15) is 13.2 Å². The van der Waals surface area contributed by atoms with Crippen molar-refractivity contribution >= 4 is 11.6 Å². The molecule has 2 unspecified atom stereocenters. The predicted octanol–water partition coefficient (Wildman–Crippen LogP) is 4.16. The smallest absolute Gasteiger partial charge is 0.416 e. The minimum atomic E-state index is -4.43. The Morgan fingerprint density at radius 2 is 1.92 bits per heavy atom. The number of carbonyl (C=O) groups is 1. The van der Waals surface area contributed by atoms with Crippen LogP contribution >= 0.6 is 0 Å². The largest absolute Gasteiger partial charge is 0.492 e. The van der Waals surface area contributed by atoms with Crippen LogP contribution in [0.25, 0.3) is 0 Å². The number of fused-ring (bicyclic) bond motifs is 3. The number of nitrogens with one attached hydrogen (secondary N) is 1. The third kappa shape index (κ3) is 5.88. The molecule has 0 bridgehead atoms. The van der Waals surface area contributed by atoms with Crippen molar-refractivity contribution in [1.82, 2.24) is 15.2 Å². The predicted molar refractivity (Wildman–Crippen MR) is 134 cm³/mol. The zero-order valence-electron chi connectivity index (χ0n) is 20.3. The molecule has 0 aliphatic carbocycles. The van der Waals surface area contributed by atoms with E-state index in [0.717, 1.165) is 29.6 Å². The van der Waals surface area contributed by atoms with E-state index in [9.17, 15) is 18.0 Å². The number of anilines is 1. The van der Waals surface area contributed by atoms with Crippen LogP contribution < -0.4 is 15.0 Å². The van der Waals surface area contributed by atoms with Gasteiger partial charge in [0.05, 0.1) is 17.5 Å². The summed E-state index contributed by atoms with van der Waals surface area (Å²) < 4.78 is 46.2. The number of aromatic nitrogens is 1. The van der Waals surface area contributed by atoms with E-state index in [4.69, 9.17) is 4.74 Å². The van der Waals surface area contributed by atoms with Gasteiger partial charge in [-0.05, 0) is 53.9 Å². The molecule has 0 saturated carbocycles. The lowest BCUT2D eigenvalue weighted by Crippen LogP contribution is -2.61. The van der Waals surface area contributed by atoms with Gasteiger partial charge in [-0.3, -0.25) is 14.7 Å². The number of hydrogen-bond donors (Lipinski definition) is 1. The van der Waals surface area contributed by atoms with Crippen molar-refractivity contribution in [3.8, 4) is 5.75 Å². The number of alkyl halides is 3. The second-order valence-corrected chi connectivity index (χ2v) is 9.45. The monoisotopic (exact) mass is 510 g/mol. The lowest BCUT2D eigenvalue weighted by molar-refractivity contribution is -0.137. The quantitative estimate of drug-likeness (QED) is 0.518. The summed E-state index contributed by atoms with van der Waals surface area (Å²) in [6.45, 7) is 3.52. The van der Waals surface area contributed by atoms with Gasteiger partial charge in [-0.15, -0.1) is 0 Å². The molecule has 1 amide bonds. The van der Waals surface area contributed by atoms with Gasteiger partial charge in [0.1, 0.15) is 12.4 Å². The standard InChI is InChI=1S/C28H29F3N4O2/c29-28(30,31)22-8-9-25-21(15-22)16-24(27(36)33-18-20-5-4-10-32-17-20)26-19-34(11-12-35(25)26)13-14-37-23-6-2-1-3-7-23/h1-10,15,17,24,26H,11-14,16,18-19H2,(H,33,36). The van der Waals surface area contributed by atoms with Crippen molar-refractivity contribution in [2.45, 2.75) is 25.2 Å². The Kier molecular flexibility index (Phi) is 7.32. The Bertz CT molecular complexity index is 1210. The molecular formula is C28H29F3N4O2. The van der Waals surface area contributed by atoms with Crippen molar-refractivity contribution in [3.63, 3.8) is 0 Å². The minimum Gasteiger partial charge on any atom is -0.492 e. The van der Waals surface area contributed by atoms with E-state index >= 15 is 0 Å². The van der Waals surface area contributed by atoms with Crippen LogP contribution in [0.15, 0.2) is 73.1 Å². The molecule has 1 aromatic heterocycles. The van der Waals surface area contributed by atoms with Crippen LogP contribution in [0.4, 0.5) is 18.9 Å². The number of pyridine rings is 1. The van der Waals surface area contributed by atoms with Gasteiger partial charge in [-0.25, -0.2) is 0 Å². The first-order valence-electron chi connectivity index (χ1n) is 12.4. The summed E-state index contributed by atoms with van der Waals surface area (Å²) in [6, 6.07) is 17.0. The molecule has 1 saturated heterocycles. The number of hydrogen-bond acceptors (Lipinski definition) is 5. The first-order valence-corrected chi connectivity index (χ1v) is 12.4. The number of piperazine rings is 1. The summed E-state index contributed by atoms with van der Waals surface area (Å²) in [5, 5.41) is 2.99. The molecule has 2 aliphatic heterocycles. The Morgan fingerprint density at radius 1 is 1.08 bits per heavy atom. The Morgan fingerprint density at radius 3 is 2.68 bits per heavy atom. The molecule has 9 heteroatoms. The molecule has 0 radical (unpaired) electrons. The lowest BCUT2D eigenvalue weighted by Gasteiger charge is -2.49. The Labute approximate surface area is 214 Å². The van der Waals surface area contributed by atoms with Crippen molar-refractivity contribution in [2.24, 2.45) is 5.92 Å². The molecule has 1 fully saturated rings. The molecule has 2 aromatic carbocycles. The molecule has 6 nitrogen and oxygen atoms in total. The average molecular weight is 511 g/mol. The maximum absolute atomic E-state index is 13.4. The van der Waals surface area contributed by atoms with Crippen LogP contribution in [0.2, 0.25) is 0 Å². The van der Waals surface area contributed by atoms with E-state index in [2.05, 4.69) is 20.1 Å². The summed E-state index contributed by atoms with van der Waals surface area (Å²) in [4.78, 5) is 21.9. The summed E-state index contributed by atoms with van der Waals surface area (Å²) in [7, 11) is 0. The highest BCUT2D eigenvalue weighted by Gasteiger charge is 2.42. The van der Waals surface area contributed by atoms with Gasteiger partial charge in [0.2, 0.25) is 5.91 Å². The maximum Gasteiger partial charge on any atom is 0.416 e. The number of nitrogens with zero attached hydrogens (tertiary/aromatic N) is 3. The Balaban J connectivity index is 1.33. The summed E-state index contributed by atoms with van der Waals surface area (Å²) in [5.41, 5.74) is 1.53. The lowest BCUT2D eigenvalue weighted by atomic mass is 9.82. The van der Waals surface area contributed by atoms with Crippen LogP contribution in [0.1, 0.15) is 16.7 Å². The molecule has 37 heavy (non-hydrogen) atoms. The number of halogens is 3. The molecule has 194 valence electrons. The van der Waals surface area contributed by atoms with Gasteiger partial charge in [-0.1, -0.05) is 24.3 Å². The zero-order valence-corrected chi connectivity index (χ0v) is 20.3. The SMILES string of the molecule is O=C(NCc1cccnc1)C1Cc2cc(C(F)(F)F)ccc2N2CCN(CCOc3ccccc3)CC12. The van der Waals surface area contributed by atoms with Crippen LogP contribution in [0, 0.1) is 5.92 Å². The van der Waals surface area contributed by atoms with E-state index in [1.807, 2.05) is 36.4 Å². The van der Waals surface area contributed by atoms with E-state index < -0.39 is 17.7 Å². The van der Waals surface area contributed by atoms with Gasteiger partial charge in [0, 0.05) is 50.8 Å². The van der Waals surface area contributed by atoms with Crippen LogP contribution in [-0.4, -0.2) is 54.6 Å². The third-order valence-electron chi connectivity index (χ3n) is 7.07. The third-order valence-corrected chi connectivity index (χ3v) is 7.07. The highest BCUT2D eigenvalue weighted by molar-refractivity contribution is 5.82. The summed E-state index contributed by atoms with van der Waals surface area (Å²) in [5.74, 6) is 0.163.